The van der Waals surface area contributed by atoms with Crippen molar-refractivity contribution < 1.29 is 9.90 Å². The number of aromatic nitrogens is 3. The Kier molecular flexibility index (Phi) is 2.96. The van der Waals surface area contributed by atoms with Crippen LogP contribution in [-0.4, -0.2) is 26.1 Å². The maximum atomic E-state index is 10.7. The molecule has 0 radical (unpaired) electrons. The normalized spacial score (nSPS) is 11.0. The lowest BCUT2D eigenvalue weighted by Crippen LogP contribution is -1.99. The number of carboxylic acids is 1. The van der Waals surface area contributed by atoms with Crippen molar-refractivity contribution in [3.8, 4) is 0 Å². The zero-order chi connectivity index (χ0) is 13.4. The van der Waals surface area contributed by atoms with Crippen molar-refractivity contribution in [3.05, 3.63) is 46.1 Å². The van der Waals surface area contributed by atoms with Crippen LogP contribution in [0.3, 0.4) is 0 Å². The minimum absolute atomic E-state index is 0.0720. The topological polar surface area (TPSA) is 68.0 Å². The number of fused-ring (bicyclic) bond motifs is 1. The van der Waals surface area contributed by atoms with Gasteiger partial charge in [0, 0.05) is 15.0 Å². The fraction of sp³-hybridized carbons (Fsp3) is 0.0833. The first kappa shape index (κ1) is 12.1. The molecule has 0 aliphatic carbocycles. The Morgan fingerprint density at radius 3 is 2.89 bits per heavy atom. The van der Waals surface area contributed by atoms with Crippen LogP contribution in [0.2, 0.25) is 5.02 Å². The number of benzene rings is 1. The number of aromatic carboxylic acids is 1. The number of nitrogens with zero attached hydrogens (tertiary/aromatic N) is 3. The van der Waals surface area contributed by atoms with Crippen molar-refractivity contribution in [2.24, 2.45) is 0 Å². The molecule has 7 heteroatoms. The van der Waals surface area contributed by atoms with Gasteiger partial charge >= 0.3 is 5.97 Å². The molecule has 0 spiro atoms. The summed E-state index contributed by atoms with van der Waals surface area (Å²) in [4.78, 5) is 11.7. The second-order valence-electron chi connectivity index (χ2n) is 3.94. The summed E-state index contributed by atoms with van der Waals surface area (Å²) < 4.78 is 2.57. The SMILES string of the molecule is O=C(O)c1cn(Cc2sc3ccccc3c2Cl)nn1. The summed E-state index contributed by atoms with van der Waals surface area (Å²) in [5.41, 5.74) is -0.0720. The average molecular weight is 294 g/mol. The van der Waals surface area contributed by atoms with Crippen LogP contribution in [-0.2, 0) is 6.54 Å². The quantitative estimate of drug-likeness (QED) is 0.806. The van der Waals surface area contributed by atoms with Gasteiger partial charge in [0.25, 0.3) is 0 Å². The predicted molar refractivity (Wildman–Crippen MR) is 72.9 cm³/mol. The lowest BCUT2D eigenvalue weighted by atomic mass is 10.2. The monoisotopic (exact) mass is 293 g/mol. The third-order valence-corrected chi connectivity index (χ3v) is 4.36. The summed E-state index contributed by atoms with van der Waals surface area (Å²) in [6, 6.07) is 7.85. The molecule has 3 aromatic rings. The molecule has 0 atom stereocenters. The van der Waals surface area contributed by atoms with E-state index in [9.17, 15) is 4.79 Å². The summed E-state index contributed by atoms with van der Waals surface area (Å²) in [6.07, 6.45) is 1.39. The number of carbonyl (C=O) groups is 1. The van der Waals surface area contributed by atoms with E-state index in [0.29, 0.717) is 11.6 Å². The average Bonchev–Trinajstić information content (AvgIpc) is 2.97. The van der Waals surface area contributed by atoms with Gasteiger partial charge in [-0.3, -0.25) is 0 Å². The van der Waals surface area contributed by atoms with Crippen LogP contribution in [0.4, 0.5) is 0 Å². The number of halogens is 1. The zero-order valence-corrected chi connectivity index (χ0v) is 11.1. The van der Waals surface area contributed by atoms with Crippen molar-refractivity contribution >= 4 is 39.0 Å². The smallest absolute Gasteiger partial charge is 0.358 e. The molecule has 0 saturated heterocycles. The van der Waals surface area contributed by atoms with E-state index in [1.54, 1.807) is 11.3 Å². The van der Waals surface area contributed by atoms with Crippen LogP contribution in [0.1, 0.15) is 15.4 Å². The van der Waals surface area contributed by atoms with Crippen molar-refractivity contribution in [1.29, 1.82) is 0 Å². The summed E-state index contributed by atoms with van der Waals surface area (Å²) in [6.45, 7) is 0.415. The van der Waals surface area contributed by atoms with Gasteiger partial charge in [-0.15, -0.1) is 16.4 Å². The molecule has 3 rings (SSSR count). The Morgan fingerprint density at radius 2 is 2.21 bits per heavy atom. The van der Waals surface area contributed by atoms with Crippen molar-refractivity contribution in [1.82, 2.24) is 15.0 Å². The Balaban J connectivity index is 1.96. The van der Waals surface area contributed by atoms with Crippen LogP contribution in [0, 0.1) is 0 Å². The highest BCUT2D eigenvalue weighted by Crippen LogP contribution is 2.35. The van der Waals surface area contributed by atoms with E-state index in [2.05, 4.69) is 10.3 Å². The molecule has 0 aliphatic heterocycles. The lowest BCUT2D eigenvalue weighted by Gasteiger charge is -1.97. The van der Waals surface area contributed by atoms with Gasteiger partial charge in [-0.25, -0.2) is 9.48 Å². The highest BCUT2D eigenvalue weighted by molar-refractivity contribution is 7.19. The first-order chi connectivity index (χ1) is 9.15. The molecule has 5 nitrogen and oxygen atoms in total. The number of hydrogen-bond acceptors (Lipinski definition) is 4. The number of carboxylic acid groups (broad SMARTS) is 1. The number of rotatable bonds is 3. The highest BCUT2D eigenvalue weighted by Gasteiger charge is 2.13. The van der Waals surface area contributed by atoms with E-state index in [1.165, 1.54) is 10.9 Å². The van der Waals surface area contributed by atoms with Crippen LogP contribution in [0.5, 0.6) is 0 Å². The summed E-state index contributed by atoms with van der Waals surface area (Å²) >= 11 is 7.88. The highest BCUT2D eigenvalue weighted by atomic mass is 35.5. The molecule has 0 aliphatic rings. The molecule has 96 valence electrons. The van der Waals surface area contributed by atoms with Gasteiger partial charge in [-0.2, -0.15) is 0 Å². The van der Waals surface area contributed by atoms with E-state index >= 15 is 0 Å². The Morgan fingerprint density at radius 1 is 1.42 bits per heavy atom. The summed E-state index contributed by atoms with van der Waals surface area (Å²) in [5, 5.41) is 17.8. The molecule has 0 saturated carbocycles. The third-order valence-electron chi connectivity index (χ3n) is 2.66. The van der Waals surface area contributed by atoms with Crippen LogP contribution >= 0.6 is 22.9 Å². The first-order valence-electron chi connectivity index (χ1n) is 5.44. The third kappa shape index (κ3) is 2.20. The Bertz CT molecular complexity index is 765. The van der Waals surface area contributed by atoms with E-state index in [0.717, 1.165) is 15.0 Å². The van der Waals surface area contributed by atoms with E-state index in [1.807, 2.05) is 24.3 Å². The molecular formula is C12H8ClN3O2S. The molecule has 1 aromatic carbocycles. The van der Waals surface area contributed by atoms with Crippen LogP contribution < -0.4 is 0 Å². The minimum Gasteiger partial charge on any atom is -0.476 e. The lowest BCUT2D eigenvalue weighted by molar-refractivity contribution is 0.0690. The molecule has 2 heterocycles. The second-order valence-corrected chi connectivity index (χ2v) is 5.46. The van der Waals surface area contributed by atoms with E-state index in [-0.39, 0.29) is 5.69 Å². The largest absolute Gasteiger partial charge is 0.476 e. The van der Waals surface area contributed by atoms with Gasteiger partial charge in [-0.1, -0.05) is 35.0 Å². The predicted octanol–water partition coefficient (Wildman–Crippen LogP) is 2.89. The first-order valence-corrected chi connectivity index (χ1v) is 6.64. The van der Waals surface area contributed by atoms with Gasteiger partial charge in [-0.05, 0) is 6.07 Å². The van der Waals surface area contributed by atoms with Gasteiger partial charge < -0.3 is 5.11 Å². The van der Waals surface area contributed by atoms with Crippen LogP contribution in [0.25, 0.3) is 10.1 Å². The molecule has 0 fully saturated rings. The number of thiophene rings is 1. The second kappa shape index (κ2) is 4.64. The fourth-order valence-corrected chi connectivity index (χ4v) is 3.27. The van der Waals surface area contributed by atoms with Gasteiger partial charge in [0.2, 0.25) is 0 Å². The molecule has 2 aromatic heterocycles. The molecule has 0 amide bonds. The molecular weight excluding hydrogens is 286 g/mol. The van der Waals surface area contributed by atoms with Crippen molar-refractivity contribution in [2.45, 2.75) is 6.54 Å². The van der Waals surface area contributed by atoms with E-state index < -0.39 is 5.97 Å². The maximum absolute atomic E-state index is 10.7. The minimum atomic E-state index is -1.09. The van der Waals surface area contributed by atoms with Gasteiger partial charge in [0.1, 0.15) is 0 Å². The molecule has 0 bridgehead atoms. The van der Waals surface area contributed by atoms with E-state index in [4.69, 9.17) is 16.7 Å². The summed E-state index contributed by atoms with van der Waals surface area (Å²) in [5.74, 6) is -1.09. The molecule has 1 N–H and O–H groups in total. The van der Waals surface area contributed by atoms with Crippen LogP contribution in [0.15, 0.2) is 30.5 Å². The van der Waals surface area contributed by atoms with Crippen molar-refractivity contribution in [2.75, 3.05) is 0 Å². The zero-order valence-electron chi connectivity index (χ0n) is 9.58. The Hall–Kier alpha value is -1.92. The molecule has 19 heavy (non-hydrogen) atoms. The fourth-order valence-electron chi connectivity index (χ4n) is 1.79. The maximum Gasteiger partial charge on any atom is 0.358 e. The van der Waals surface area contributed by atoms with Gasteiger partial charge in [0.05, 0.1) is 17.8 Å². The Labute approximate surface area is 117 Å². The standard InChI is InChI=1S/C12H8ClN3O2S/c13-11-7-3-1-2-4-9(7)19-10(11)6-16-5-8(12(17)18)14-15-16/h1-5H,6H2,(H,17,18). The van der Waals surface area contributed by atoms with Crippen molar-refractivity contribution in [3.63, 3.8) is 0 Å². The van der Waals surface area contributed by atoms with Gasteiger partial charge in [0.15, 0.2) is 5.69 Å². The molecule has 0 unspecified atom stereocenters. The summed E-state index contributed by atoms with van der Waals surface area (Å²) in [7, 11) is 0. The number of hydrogen-bond donors (Lipinski definition) is 1.